The third kappa shape index (κ3) is 4.65. The Balaban J connectivity index is 1.55. The first-order valence-electron chi connectivity index (χ1n) is 9.98. The summed E-state index contributed by atoms with van der Waals surface area (Å²) in [4.78, 5) is 28.0. The van der Waals surface area contributed by atoms with Crippen LogP contribution in [0, 0.1) is 0 Å². The zero-order valence-corrected chi connectivity index (χ0v) is 16.6. The Morgan fingerprint density at radius 3 is 2.50 bits per heavy atom. The molecule has 144 valence electrons. The molecule has 5 nitrogen and oxygen atoms in total. The number of thiophene rings is 1. The molecule has 1 atom stereocenters. The van der Waals surface area contributed by atoms with E-state index in [1.54, 1.807) is 13.0 Å². The van der Waals surface area contributed by atoms with Gasteiger partial charge >= 0.3 is 0 Å². The number of rotatable bonds is 6. The summed E-state index contributed by atoms with van der Waals surface area (Å²) in [5, 5.41) is 7.82. The lowest BCUT2D eigenvalue weighted by Crippen LogP contribution is -2.59. The lowest BCUT2D eigenvalue weighted by atomic mass is 9.79. The third-order valence-corrected chi connectivity index (χ3v) is 6.76. The fraction of sp³-hybridized carbons (Fsp3) is 0.700. The van der Waals surface area contributed by atoms with Crippen LogP contribution in [0.25, 0.3) is 0 Å². The molecule has 2 fully saturated rings. The maximum Gasteiger partial charge on any atom is 0.261 e. The molecule has 3 rings (SSSR count). The summed E-state index contributed by atoms with van der Waals surface area (Å²) in [6, 6.07) is 3.10. The molecule has 6 heteroatoms. The van der Waals surface area contributed by atoms with Crippen LogP contribution in [0.4, 0.5) is 0 Å². The molecule has 2 aliphatic rings. The second-order valence-electron chi connectivity index (χ2n) is 7.72. The molecule has 0 aromatic carbocycles. The van der Waals surface area contributed by atoms with Crippen molar-refractivity contribution in [3.05, 3.63) is 22.4 Å². The van der Waals surface area contributed by atoms with E-state index in [0.29, 0.717) is 11.4 Å². The summed E-state index contributed by atoms with van der Waals surface area (Å²) >= 11 is 1.39. The molecule has 0 spiro atoms. The number of carbonyl (C=O) groups is 2. The van der Waals surface area contributed by atoms with Crippen molar-refractivity contribution in [3.8, 4) is 0 Å². The van der Waals surface area contributed by atoms with Crippen LogP contribution in [0.1, 0.15) is 68.0 Å². The van der Waals surface area contributed by atoms with Crippen molar-refractivity contribution in [1.82, 2.24) is 15.5 Å². The average molecular weight is 378 g/mol. The molecule has 2 N–H and O–H groups in total. The Morgan fingerprint density at radius 1 is 1.15 bits per heavy atom. The van der Waals surface area contributed by atoms with Crippen LogP contribution in [0.2, 0.25) is 0 Å². The molecule has 1 saturated heterocycles. The number of carbonyl (C=O) groups excluding carboxylic acids is 2. The largest absolute Gasteiger partial charge is 0.352 e. The minimum absolute atomic E-state index is 0.0862. The van der Waals surface area contributed by atoms with Gasteiger partial charge in [-0.2, -0.15) is 0 Å². The van der Waals surface area contributed by atoms with Crippen molar-refractivity contribution >= 4 is 23.2 Å². The molecule has 0 radical (unpaired) electrons. The predicted molar refractivity (Wildman–Crippen MR) is 105 cm³/mol. The number of nitrogens with one attached hydrogen (secondary N) is 2. The highest BCUT2D eigenvalue weighted by atomic mass is 32.1. The van der Waals surface area contributed by atoms with Crippen molar-refractivity contribution in [2.75, 3.05) is 19.6 Å². The molecule has 26 heavy (non-hydrogen) atoms. The van der Waals surface area contributed by atoms with E-state index in [4.69, 9.17) is 0 Å². The molecular formula is C20H31N3O2S. The van der Waals surface area contributed by atoms with Gasteiger partial charge < -0.3 is 10.6 Å². The van der Waals surface area contributed by atoms with Crippen LogP contribution >= 0.6 is 11.3 Å². The van der Waals surface area contributed by atoms with E-state index in [2.05, 4.69) is 15.5 Å². The van der Waals surface area contributed by atoms with Crippen LogP contribution < -0.4 is 10.6 Å². The third-order valence-electron chi connectivity index (χ3n) is 5.89. The monoisotopic (exact) mass is 377 g/mol. The quantitative estimate of drug-likeness (QED) is 0.800. The van der Waals surface area contributed by atoms with Crippen molar-refractivity contribution < 1.29 is 9.59 Å². The maximum absolute atomic E-state index is 12.6. The van der Waals surface area contributed by atoms with Gasteiger partial charge in [0.1, 0.15) is 6.04 Å². The van der Waals surface area contributed by atoms with Gasteiger partial charge in [-0.1, -0.05) is 31.7 Å². The van der Waals surface area contributed by atoms with E-state index < -0.39 is 6.04 Å². The highest BCUT2D eigenvalue weighted by molar-refractivity contribution is 7.12. The van der Waals surface area contributed by atoms with Gasteiger partial charge in [0.15, 0.2) is 0 Å². The topological polar surface area (TPSA) is 61.4 Å². The van der Waals surface area contributed by atoms with E-state index in [-0.39, 0.29) is 17.4 Å². The minimum atomic E-state index is -0.522. The Labute approximate surface area is 160 Å². The molecule has 1 aliphatic heterocycles. The van der Waals surface area contributed by atoms with E-state index in [9.17, 15) is 9.59 Å². The fourth-order valence-electron chi connectivity index (χ4n) is 4.33. The number of amides is 2. The number of hydrogen-bond donors (Lipinski definition) is 2. The highest BCUT2D eigenvalue weighted by Gasteiger charge is 2.38. The van der Waals surface area contributed by atoms with Gasteiger partial charge in [-0.3, -0.25) is 14.5 Å². The molecule has 2 amide bonds. The Bertz CT molecular complexity index is 590. The molecule has 2 heterocycles. The van der Waals surface area contributed by atoms with Crippen molar-refractivity contribution in [1.29, 1.82) is 0 Å². The van der Waals surface area contributed by atoms with Crippen LogP contribution in [0.5, 0.6) is 0 Å². The van der Waals surface area contributed by atoms with Gasteiger partial charge in [0.05, 0.1) is 4.88 Å². The van der Waals surface area contributed by atoms with E-state index >= 15 is 0 Å². The highest BCUT2D eigenvalue weighted by Crippen LogP contribution is 2.35. The minimum Gasteiger partial charge on any atom is -0.352 e. The molecule has 1 aromatic heterocycles. The van der Waals surface area contributed by atoms with Crippen LogP contribution in [0.15, 0.2) is 17.5 Å². The summed E-state index contributed by atoms with van der Waals surface area (Å²) < 4.78 is 0. The summed E-state index contributed by atoms with van der Waals surface area (Å²) in [6.07, 6.45) is 9.99. The van der Waals surface area contributed by atoms with Crippen LogP contribution in [-0.4, -0.2) is 47.9 Å². The second-order valence-corrected chi connectivity index (χ2v) is 8.67. The molecule has 0 bridgehead atoms. The van der Waals surface area contributed by atoms with Crippen molar-refractivity contribution in [2.24, 2.45) is 0 Å². The first-order valence-corrected chi connectivity index (χ1v) is 10.9. The fourth-order valence-corrected chi connectivity index (χ4v) is 4.96. The number of nitrogens with zero attached hydrogens (tertiary/aromatic N) is 1. The van der Waals surface area contributed by atoms with E-state index in [1.807, 2.05) is 11.4 Å². The molecule has 1 saturated carbocycles. The average Bonchev–Trinajstić information content (AvgIpc) is 3.22. The van der Waals surface area contributed by atoms with Gasteiger partial charge in [-0.05, 0) is 57.1 Å². The molecule has 1 aromatic rings. The summed E-state index contributed by atoms with van der Waals surface area (Å²) in [5.74, 6) is -0.261. The van der Waals surface area contributed by atoms with E-state index in [0.717, 1.165) is 13.1 Å². The molecule has 1 unspecified atom stereocenters. The summed E-state index contributed by atoms with van der Waals surface area (Å²) in [5.41, 5.74) is 0.117. The lowest BCUT2D eigenvalue weighted by molar-refractivity contribution is -0.123. The summed E-state index contributed by atoms with van der Waals surface area (Å²) in [7, 11) is 0. The SMILES string of the molecule is CC(NC(=O)c1cccs1)C(=O)NCC1(N2CCCCC2)CCCCC1. The Morgan fingerprint density at radius 2 is 1.85 bits per heavy atom. The maximum atomic E-state index is 12.6. The van der Waals surface area contributed by atoms with Gasteiger partial charge in [-0.15, -0.1) is 11.3 Å². The van der Waals surface area contributed by atoms with Crippen molar-refractivity contribution in [2.45, 2.75) is 69.9 Å². The second kappa shape index (κ2) is 9.00. The number of piperidine rings is 1. The number of hydrogen-bond acceptors (Lipinski definition) is 4. The first-order chi connectivity index (χ1) is 12.6. The van der Waals surface area contributed by atoms with Gasteiger partial charge in [0.25, 0.3) is 5.91 Å². The normalized spacial score (nSPS) is 21.7. The first kappa shape index (κ1) is 19.4. The predicted octanol–water partition coefficient (Wildman–Crippen LogP) is 3.17. The van der Waals surface area contributed by atoms with Crippen molar-refractivity contribution in [3.63, 3.8) is 0 Å². The zero-order chi connectivity index (χ0) is 18.4. The standard InChI is InChI=1S/C20H31N3O2S/c1-16(22-19(25)17-9-8-14-26-17)18(24)21-15-20(10-4-2-5-11-20)23-12-6-3-7-13-23/h8-9,14,16H,2-7,10-13,15H2,1H3,(H,21,24)(H,22,25). The van der Waals surface area contributed by atoms with E-state index in [1.165, 1.54) is 62.7 Å². The van der Waals surface area contributed by atoms with Gasteiger partial charge in [-0.25, -0.2) is 0 Å². The Hall–Kier alpha value is -1.40. The lowest BCUT2D eigenvalue weighted by Gasteiger charge is -2.48. The van der Waals surface area contributed by atoms with Crippen LogP contribution in [-0.2, 0) is 4.79 Å². The Kier molecular flexibility index (Phi) is 6.70. The number of likely N-dealkylation sites (tertiary alicyclic amines) is 1. The molecular weight excluding hydrogens is 346 g/mol. The smallest absolute Gasteiger partial charge is 0.261 e. The zero-order valence-electron chi connectivity index (χ0n) is 15.8. The molecule has 1 aliphatic carbocycles. The van der Waals surface area contributed by atoms with Gasteiger partial charge in [0, 0.05) is 12.1 Å². The van der Waals surface area contributed by atoms with Crippen LogP contribution in [0.3, 0.4) is 0 Å². The van der Waals surface area contributed by atoms with Gasteiger partial charge in [0.2, 0.25) is 5.91 Å². The summed E-state index contributed by atoms with van der Waals surface area (Å²) in [6.45, 7) is 4.77.